The first kappa shape index (κ1) is 14.5. The van der Waals surface area contributed by atoms with Crippen molar-refractivity contribution in [3.8, 4) is 11.3 Å². The van der Waals surface area contributed by atoms with Crippen molar-refractivity contribution in [1.82, 2.24) is 15.2 Å². The maximum Gasteiger partial charge on any atom is 0.259 e. The average molecular weight is 342 g/mol. The van der Waals surface area contributed by atoms with E-state index in [1.807, 2.05) is 35.9 Å². The molecule has 1 aliphatic rings. The second kappa shape index (κ2) is 5.82. The largest absolute Gasteiger partial charge is 0.296 e. The highest BCUT2D eigenvalue weighted by atomic mass is 32.1. The Hall–Kier alpha value is -2.12. The predicted molar refractivity (Wildman–Crippen MR) is 92.1 cm³/mol. The van der Waals surface area contributed by atoms with Gasteiger partial charge >= 0.3 is 0 Å². The lowest BCUT2D eigenvalue weighted by Gasteiger charge is -2.06. The zero-order chi connectivity index (χ0) is 15.8. The number of rotatable bonds is 4. The number of hydrogen-bond acceptors (Lipinski definition) is 6. The Morgan fingerprint density at radius 3 is 2.83 bits per heavy atom. The van der Waals surface area contributed by atoms with Crippen molar-refractivity contribution in [2.24, 2.45) is 0 Å². The molecule has 0 atom stereocenters. The Bertz CT molecular complexity index is 853. The minimum Gasteiger partial charge on any atom is -0.296 e. The fourth-order valence-corrected chi connectivity index (χ4v) is 3.87. The third kappa shape index (κ3) is 3.02. The van der Waals surface area contributed by atoms with Gasteiger partial charge in [0.2, 0.25) is 5.13 Å². The number of amides is 1. The zero-order valence-electron chi connectivity index (χ0n) is 12.4. The first-order chi connectivity index (χ1) is 11.2. The van der Waals surface area contributed by atoms with Crippen molar-refractivity contribution >= 4 is 33.7 Å². The number of pyridine rings is 1. The molecule has 1 fully saturated rings. The lowest BCUT2D eigenvalue weighted by Crippen LogP contribution is -2.14. The van der Waals surface area contributed by atoms with Gasteiger partial charge in [0.05, 0.1) is 17.0 Å². The molecule has 23 heavy (non-hydrogen) atoms. The van der Waals surface area contributed by atoms with E-state index in [0.29, 0.717) is 22.3 Å². The first-order valence-corrected chi connectivity index (χ1v) is 9.11. The van der Waals surface area contributed by atoms with E-state index in [1.165, 1.54) is 24.2 Å². The van der Waals surface area contributed by atoms with Crippen molar-refractivity contribution in [1.29, 1.82) is 0 Å². The van der Waals surface area contributed by atoms with E-state index in [4.69, 9.17) is 0 Å². The number of carbonyl (C=O) groups is 1. The summed E-state index contributed by atoms with van der Waals surface area (Å²) in [6.45, 7) is 1.85. The topological polar surface area (TPSA) is 67.8 Å². The van der Waals surface area contributed by atoms with Crippen LogP contribution in [-0.2, 0) is 0 Å². The molecule has 3 aromatic heterocycles. The number of thiophene rings is 1. The summed E-state index contributed by atoms with van der Waals surface area (Å²) in [5, 5.41) is 16.6. The van der Waals surface area contributed by atoms with Gasteiger partial charge < -0.3 is 0 Å². The fourth-order valence-electron chi connectivity index (χ4n) is 2.32. The molecule has 5 nitrogen and oxygen atoms in total. The first-order valence-electron chi connectivity index (χ1n) is 7.35. The van der Waals surface area contributed by atoms with Crippen LogP contribution in [0.25, 0.3) is 11.3 Å². The van der Waals surface area contributed by atoms with E-state index >= 15 is 0 Å². The normalized spacial score (nSPS) is 14.0. The SMILES string of the molecule is Cc1nc(-c2ccsc2)ccc1C(=O)Nc1nnc(C2CC2)s1. The van der Waals surface area contributed by atoms with Gasteiger partial charge in [-0.3, -0.25) is 15.1 Å². The number of anilines is 1. The Labute approximate surface area is 141 Å². The van der Waals surface area contributed by atoms with Crippen LogP contribution in [0.3, 0.4) is 0 Å². The van der Waals surface area contributed by atoms with Crippen LogP contribution in [-0.4, -0.2) is 21.1 Å². The van der Waals surface area contributed by atoms with Crippen LogP contribution < -0.4 is 5.32 Å². The third-order valence-corrected chi connectivity index (χ3v) is 5.42. The van der Waals surface area contributed by atoms with Crippen molar-refractivity contribution < 1.29 is 4.79 Å². The minimum absolute atomic E-state index is 0.189. The van der Waals surface area contributed by atoms with Crippen LogP contribution >= 0.6 is 22.7 Å². The van der Waals surface area contributed by atoms with E-state index < -0.39 is 0 Å². The lowest BCUT2D eigenvalue weighted by atomic mass is 10.1. The molecule has 0 radical (unpaired) electrons. The highest BCUT2D eigenvalue weighted by Gasteiger charge is 2.27. The molecule has 3 heterocycles. The highest BCUT2D eigenvalue weighted by Crippen LogP contribution is 2.42. The van der Waals surface area contributed by atoms with E-state index in [-0.39, 0.29) is 5.91 Å². The summed E-state index contributed by atoms with van der Waals surface area (Å²) >= 11 is 3.09. The standard InChI is InChI=1S/C16H14N4OS2/c1-9-12(4-5-13(17-9)11-6-7-22-8-11)14(21)18-16-20-19-15(23-16)10-2-3-10/h4-8,10H,2-3H2,1H3,(H,18,20,21). The van der Waals surface area contributed by atoms with E-state index in [0.717, 1.165) is 16.3 Å². The number of carbonyl (C=O) groups excluding carboxylic acids is 1. The molecule has 1 N–H and O–H groups in total. The molecule has 1 saturated carbocycles. The highest BCUT2D eigenvalue weighted by molar-refractivity contribution is 7.15. The summed E-state index contributed by atoms with van der Waals surface area (Å²) < 4.78 is 0. The Kier molecular flexibility index (Phi) is 3.66. The molecule has 0 unspecified atom stereocenters. The van der Waals surface area contributed by atoms with Crippen molar-refractivity contribution in [3.63, 3.8) is 0 Å². The fraction of sp³-hybridized carbons (Fsp3) is 0.250. The monoisotopic (exact) mass is 342 g/mol. The second-order valence-electron chi connectivity index (χ2n) is 5.52. The van der Waals surface area contributed by atoms with E-state index in [9.17, 15) is 4.79 Å². The summed E-state index contributed by atoms with van der Waals surface area (Å²) in [5.74, 6) is 0.358. The number of aromatic nitrogens is 3. The van der Waals surface area contributed by atoms with Crippen molar-refractivity contribution in [2.75, 3.05) is 5.32 Å². The molecule has 0 spiro atoms. The van der Waals surface area contributed by atoms with Gasteiger partial charge in [0.25, 0.3) is 5.91 Å². The number of hydrogen-bond donors (Lipinski definition) is 1. The molecule has 0 saturated heterocycles. The van der Waals surface area contributed by atoms with Gasteiger partial charge in [-0.2, -0.15) is 11.3 Å². The zero-order valence-corrected chi connectivity index (χ0v) is 14.1. The molecule has 1 aliphatic carbocycles. The molecule has 0 aromatic carbocycles. The maximum absolute atomic E-state index is 12.4. The Morgan fingerprint density at radius 1 is 1.26 bits per heavy atom. The van der Waals surface area contributed by atoms with Crippen LogP contribution in [0.2, 0.25) is 0 Å². The molecular formula is C16H14N4OS2. The number of aryl methyl sites for hydroxylation is 1. The molecule has 116 valence electrons. The van der Waals surface area contributed by atoms with Gasteiger partial charge in [0.15, 0.2) is 0 Å². The summed E-state index contributed by atoms with van der Waals surface area (Å²) in [4.78, 5) is 17.0. The van der Waals surface area contributed by atoms with Crippen molar-refractivity contribution in [3.05, 3.63) is 45.2 Å². The molecule has 0 bridgehead atoms. The Morgan fingerprint density at radius 2 is 2.13 bits per heavy atom. The lowest BCUT2D eigenvalue weighted by molar-refractivity contribution is 0.102. The maximum atomic E-state index is 12.4. The summed E-state index contributed by atoms with van der Waals surface area (Å²) in [6.07, 6.45) is 2.35. The molecule has 0 aliphatic heterocycles. The second-order valence-corrected chi connectivity index (χ2v) is 7.30. The molecular weight excluding hydrogens is 328 g/mol. The van der Waals surface area contributed by atoms with Crippen LogP contribution in [0.5, 0.6) is 0 Å². The number of nitrogens with zero attached hydrogens (tertiary/aromatic N) is 3. The van der Waals surface area contributed by atoms with Crippen LogP contribution in [0.1, 0.15) is 39.8 Å². The van der Waals surface area contributed by atoms with Gasteiger partial charge in [-0.25, -0.2) is 0 Å². The molecule has 3 aromatic rings. The van der Waals surface area contributed by atoms with Gasteiger partial charge in [0.1, 0.15) is 5.01 Å². The van der Waals surface area contributed by atoms with E-state index in [1.54, 1.807) is 11.3 Å². The third-order valence-electron chi connectivity index (χ3n) is 3.74. The van der Waals surface area contributed by atoms with Gasteiger partial charge in [0, 0.05) is 16.9 Å². The van der Waals surface area contributed by atoms with Crippen molar-refractivity contribution in [2.45, 2.75) is 25.7 Å². The van der Waals surface area contributed by atoms with Crippen LogP contribution in [0.15, 0.2) is 29.0 Å². The molecule has 4 rings (SSSR count). The summed E-state index contributed by atoms with van der Waals surface area (Å²) in [6, 6.07) is 5.71. The Balaban J connectivity index is 1.53. The van der Waals surface area contributed by atoms with Gasteiger partial charge in [-0.15, -0.1) is 10.2 Å². The van der Waals surface area contributed by atoms with E-state index in [2.05, 4.69) is 20.5 Å². The average Bonchev–Trinajstić information content (AvgIpc) is 3.06. The molecule has 7 heteroatoms. The van der Waals surface area contributed by atoms with Gasteiger partial charge in [-0.1, -0.05) is 11.3 Å². The predicted octanol–water partition coefficient (Wildman–Crippen LogP) is 4.10. The molecule has 1 amide bonds. The summed E-state index contributed by atoms with van der Waals surface area (Å²) in [7, 11) is 0. The smallest absolute Gasteiger partial charge is 0.259 e. The van der Waals surface area contributed by atoms with Gasteiger partial charge in [-0.05, 0) is 43.3 Å². The van der Waals surface area contributed by atoms with Crippen LogP contribution in [0, 0.1) is 6.92 Å². The number of nitrogens with one attached hydrogen (secondary N) is 1. The summed E-state index contributed by atoms with van der Waals surface area (Å²) in [5.41, 5.74) is 3.22. The minimum atomic E-state index is -0.189. The van der Waals surface area contributed by atoms with Crippen LogP contribution in [0.4, 0.5) is 5.13 Å². The quantitative estimate of drug-likeness (QED) is 0.775.